The monoisotopic (exact) mass is 350 g/mol. The molecular formula is C18H23ClN2O3. The third-order valence-electron chi connectivity index (χ3n) is 5.33. The van der Waals surface area contributed by atoms with Crippen molar-refractivity contribution >= 4 is 17.5 Å². The molecule has 3 heterocycles. The van der Waals surface area contributed by atoms with Crippen LogP contribution in [0.1, 0.15) is 36.0 Å². The number of ether oxygens (including phenoxy) is 2. The van der Waals surface area contributed by atoms with Gasteiger partial charge in [0.15, 0.2) is 11.5 Å². The first kappa shape index (κ1) is 16.0. The highest BCUT2D eigenvalue weighted by Crippen LogP contribution is 2.40. The zero-order valence-electron chi connectivity index (χ0n) is 13.8. The van der Waals surface area contributed by atoms with Crippen LogP contribution in [0.15, 0.2) is 12.1 Å². The van der Waals surface area contributed by atoms with E-state index in [1.54, 1.807) is 12.1 Å². The number of amides is 1. The van der Waals surface area contributed by atoms with Crippen LogP contribution < -0.4 is 14.8 Å². The number of likely N-dealkylation sites (tertiary alicyclic amines) is 1. The molecule has 0 radical (unpaired) electrons. The second-order valence-corrected chi connectivity index (χ2v) is 7.50. The molecule has 1 aromatic rings. The van der Waals surface area contributed by atoms with Crippen LogP contribution in [0.3, 0.4) is 0 Å². The summed E-state index contributed by atoms with van der Waals surface area (Å²) < 4.78 is 11.4. The summed E-state index contributed by atoms with van der Waals surface area (Å²) in [6.45, 7) is 4.87. The summed E-state index contributed by atoms with van der Waals surface area (Å²) in [7, 11) is 0. The average Bonchev–Trinajstić information content (AvgIpc) is 2.89. The molecule has 0 saturated carbocycles. The van der Waals surface area contributed by atoms with Crippen molar-refractivity contribution in [3.05, 3.63) is 22.7 Å². The molecule has 2 saturated heterocycles. The first-order valence-electron chi connectivity index (χ1n) is 8.76. The average molecular weight is 351 g/mol. The number of carbonyl (C=O) groups excluding carboxylic acids is 1. The minimum absolute atomic E-state index is 0.0403. The van der Waals surface area contributed by atoms with Crippen molar-refractivity contribution in [1.82, 2.24) is 10.2 Å². The van der Waals surface area contributed by atoms with Crippen LogP contribution in [-0.2, 0) is 0 Å². The summed E-state index contributed by atoms with van der Waals surface area (Å²) in [6.07, 6.45) is 4.23. The van der Waals surface area contributed by atoms with E-state index in [9.17, 15) is 4.79 Å². The lowest BCUT2D eigenvalue weighted by atomic mass is 9.79. The molecule has 2 fully saturated rings. The molecule has 0 bridgehead atoms. The van der Waals surface area contributed by atoms with Crippen molar-refractivity contribution in [3.8, 4) is 11.5 Å². The fourth-order valence-electron chi connectivity index (χ4n) is 4.06. The number of nitrogens with one attached hydrogen (secondary N) is 1. The number of rotatable bonds is 1. The van der Waals surface area contributed by atoms with Crippen LogP contribution in [0.25, 0.3) is 0 Å². The predicted molar refractivity (Wildman–Crippen MR) is 92.1 cm³/mol. The molecule has 3 aliphatic rings. The Morgan fingerprint density at radius 2 is 2.08 bits per heavy atom. The summed E-state index contributed by atoms with van der Waals surface area (Å²) >= 11 is 6.34. The van der Waals surface area contributed by atoms with Crippen molar-refractivity contribution in [2.24, 2.45) is 5.41 Å². The van der Waals surface area contributed by atoms with Gasteiger partial charge in [0.1, 0.15) is 0 Å². The quantitative estimate of drug-likeness (QED) is 0.846. The molecule has 130 valence electrons. The van der Waals surface area contributed by atoms with Gasteiger partial charge in [-0.05, 0) is 37.9 Å². The van der Waals surface area contributed by atoms with Crippen molar-refractivity contribution in [2.75, 3.05) is 39.4 Å². The number of benzene rings is 1. The van der Waals surface area contributed by atoms with Gasteiger partial charge in [0.25, 0.3) is 5.91 Å². The van der Waals surface area contributed by atoms with Gasteiger partial charge in [-0.2, -0.15) is 0 Å². The fourth-order valence-corrected chi connectivity index (χ4v) is 4.33. The second-order valence-electron chi connectivity index (χ2n) is 7.09. The van der Waals surface area contributed by atoms with Gasteiger partial charge in [0, 0.05) is 37.0 Å². The minimum atomic E-state index is 0.0403. The largest absolute Gasteiger partial charge is 0.489 e. The highest BCUT2D eigenvalue weighted by molar-refractivity contribution is 6.32. The van der Waals surface area contributed by atoms with Gasteiger partial charge in [0.05, 0.1) is 18.2 Å². The summed E-state index contributed by atoms with van der Waals surface area (Å²) in [5.74, 6) is 1.18. The summed E-state index contributed by atoms with van der Waals surface area (Å²) in [6, 6.07) is 3.49. The highest BCUT2D eigenvalue weighted by atomic mass is 35.5. The van der Waals surface area contributed by atoms with E-state index >= 15 is 0 Å². The van der Waals surface area contributed by atoms with E-state index in [0.29, 0.717) is 35.3 Å². The number of hydrogen-bond acceptors (Lipinski definition) is 4. The number of hydrogen-bond donors (Lipinski definition) is 1. The van der Waals surface area contributed by atoms with E-state index in [1.165, 1.54) is 6.42 Å². The van der Waals surface area contributed by atoms with Gasteiger partial charge in [0.2, 0.25) is 0 Å². The number of nitrogens with zero attached hydrogens (tertiary/aromatic N) is 1. The predicted octanol–water partition coefficient (Wildman–Crippen LogP) is 2.72. The van der Waals surface area contributed by atoms with Crippen LogP contribution in [0.5, 0.6) is 11.5 Å². The van der Waals surface area contributed by atoms with Crippen molar-refractivity contribution < 1.29 is 14.3 Å². The van der Waals surface area contributed by atoms with E-state index in [4.69, 9.17) is 21.1 Å². The first-order chi connectivity index (χ1) is 11.7. The molecule has 1 atom stereocenters. The van der Waals surface area contributed by atoms with E-state index in [-0.39, 0.29) is 11.3 Å². The fraction of sp³-hybridized carbons (Fsp3) is 0.611. The molecule has 24 heavy (non-hydrogen) atoms. The van der Waals surface area contributed by atoms with Crippen LogP contribution in [0.4, 0.5) is 0 Å². The van der Waals surface area contributed by atoms with Crippen molar-refractivity contribution in [1.29, 1.82) is 0 Å². The summed E-state index contributed by atoms with van der Waals surface area (Å²) in [5, 5.41) is 3.89. The lowest BCUT2D eigenvalue weighted by Gasteiger charge is -2.40. The van der Waals surface area contributed by atoms with Crippen molar-refractivity contribution in [2.45, 2.75) is 25.7 Å². The number of carbonyl (C=O) groups is 1. The minimum Gasteiger partial charge on any atom is -0.489 e. The topological polar surface area (TPSA) is 50.8 Å². The molecule has 1 aromatic carbocycles. The van der Waals surface area contributed by atoms with Gasteiger partial charge in [-0.15, -0.1) is 0 Å². The third kappa shape index (κ3) is 2.95. The molecule has 6 heteroatoms. The Morgan fingerprint density at radius 1 is 1.21 bits per heavy atom. The molecule has 4 rings (SSSR count). The lowest BCUT2D eigenvalue weighted by molar-refractivity contribution is 0.0553. The summed E-state index contributed by atoms with van der Waals surface area (Å²) in [5.41, 5.74) is 0.843. The Bertz CT molecular complexity index is 643. The van der Waals surface area contributed by atoms with Crippen LogP contribution in [-0.4, -0.2) is 50.2 Å². The second kappa shape index (κ2) is 6.45. The molecule has 1 amide bonds. The molecular weight excluding hydrogens is 328 g/mol. The number of piperidine rings is 1. The number of fused-ring (bicyclic) bond motifs is 1. The van der Waals surface area contributed by atoms with Gasteiger partial charge in [-0.3, -0.25) is 4.79 Å². The van der Waals surface area contributed by atoms with Crippen LogP contribution in [0, 0.1) is 5.41 Å². The van der Waals surface area contributed by atoms with Gasteiger partial charge < -0.3 is 19.7 Å². The van der Waals surface area contributed by atoms with E-state index in [1.807, 2.05) is 4.90 Å². The van der Waals surface area contributed by atoms with Crippen LogP contribution in [0.2, 0.25) is 5.02 Å². The highest BCUT2D eigenvalue weighted by Gasteiger charge is 2.39. The molecule has 1 N–H and O–H groups in total. The Labute approximate surface area is 147 Å². The zero-order valence-corrected chi connectivity index (χ0v) is 14.5. The molecule has 0 aliphatic carbocycles. The smallest absolute Gasteiger partial charge is 0.254 e. The normalized spacial score (nSPS) is 26.5. The van der Waals surface area contributed by atoms with Crippen LogP contribution >= 0.6 is 11.6 Å². The molecule has 1 unspecified atom stereocenters. The van der Waals surface area contributed by atoms with E-state index in [0.717, 1.165) is 45.4 Å². The number of halogens is 1. The molecule has 5 nitrogen and oxygen atoms in total. The Balaban J connectivity index is 1.58. The summed E-state index contributed by atoms with van der Waals surface area (Å²) in [4.78, 5) is 15.0. The maximum Gasteiger partial charge on any atom is 0.254 e. The first-order valence-corrected chi connectivity index (χ1v) is 9.14. The van der Waals surface area contributed by atoms with Gasteiger partial charge in [-0.25, -0.2) is 0 Å². The van der Waals surface area contributed by atoms with Crippen molar-refractivity contribution in [3.63, 3.8) is 0 Å². The molecule has 0 aromatic heterocycles. The SMILES string of the molecule is O=C(c1cc(Cl)c2c(c1)OCCCO2)N1CCCC2(CCNC2)C1. The van der Waals surface area contributed by atoms with Gasteiger partial charge in [-0.1, -0.05) is 11.6 Å². The zero-order chi connectivity index (χ0) is 16.6. The van der Waals surface area contributed by atoms with Gasteiger partial charge >= 0.3 is 0 Å². The third-order valence-corrected chi connectivity index (χ3v) is 5.61. The molecule has 3 aliphatic heterocycles. The Morgan fingerprint density at radius 3 is 2.92 bits per heavy atom. The van der Waals surface area contributed by atoms with E-state index in [2.05, 4.69) is 5.32 Å². The Hall–Kier alpha value is -1.46. The maximum absolute atomic E-state index is 13.0. The Kier molecular flexibility index (Phi) is 4.31. The molecule has 1 spiro atoms. The standard InChI is InChI=1S/C18H23ClN2O3/c19-14-9-13(10-15-16(14)24-8-2-7-23-15)17(22)21-6-1-3-18(12-21)4-5-20-11-18/h9-10,20H,1-8,11-12H2. The lowest BCUT2D eigenvalue weighted by Crippen LogP contribution is -2.47. The van der Waals surface area contributed by atoms with E-state index < -0.39 is 0 Å². The maximum atomic E-state index is 13.0.